The lowest BCUT2D eigenvalue weighted by Crippen LogP contribution is -2.61. The van der Waals surface area contributed by atoms with E-state index in [0.717, 1.165) is 0 Å². The minimum Gasteiger partial charge on any atom is -0.368 e. The van der Waals surface area contributed by atoms with Gasteiger partial charge < -0.3 is 20.1 Å². The van der Waals surface area contributed by atoms with Crippen molar-refractivity contribution < 1.29 is 19.1 Å². The first-order chi connectivity index (χ1) is 8.97. The third kappa shape index (κ3) is 2.58. The van der Waals surface area contributed by atoms with Gasteiger partial charge in [-0.15, -0.1) is 0 Å². The van der Waals surface area contributed by atoms with E-state index in [1.807, 2.05) is 19.0 Å². The van der Waals surface area contributed by atoms with Gasteiger partial charge in [0.1, 0.15) is 5.54 Å². The maximum absolute atomic E-state index is 12.1. The lowest BCUT2D eigenvalue weighted by molar-refractivity contribution is -0.161. The van der Waals surface area contributed by atoms with Crippen LogP contribution in [0.25, 0.3) is 0 Å². The van der Waals surface area contributed by atoms with Crippen LogP contribution in [0.3, 0.4) is 0 Å². The molecule has 0 unspecified atom stereocenters. The second kappa shape index (κ2) is 5.44. The standard InChI is InChI=1S/C12H21N3O4/c1-14(2)12(11(13)17)3-5-15(6-4-12)9(16)10-18-7-8-19-10/h10H,3-8H2,1-2H3,(H2,13,17). The van der Waals surface area contributed by atoms with Crippen molar-refractivity contribution in [3.63, 3.8) is 0 Å². The molecule has 0 aromatic carbocycles. The molecule has 2 amide bonds. The number of hydrogen-bond acceptors (Lipinski definition) is 5. The van der Waals surface area contributed by atoms with Gasteiger partial charge in [0.05, 0.1) is 13.2 Å². The van der Waals surface area contributed by atoms with Crippen LogP contribution in [0.2, 0.25) is 0 Å². The van der Waals surface area contributed by atoms with E-state index in [2.05, 4.69) is 0 Å². The third-order valence-electron chi connectivity index (χ3n) is 4.04. The largest absolute Gasteiger partial charge is 0.368 e. The van der Waals surface area contributed by atoms with Crippen LogP contribution >= 0.6 is 0 Å². The average molecular weight is 271 g/mol. The zero-order chi connectivity index (χ0) is 14.0. The molecule has 2 heterocycles. The van der Waals surface area contributed by atoms with Crippen LogP contribution in [-0.2, 0) is 19.1 Å². The van der Waals surface area contributed by atoms with E-state index in [0.29, 0.717) is 39.1 Å². The normalized spacial score (nSPS) is 23.8. The molecule has 0 spiro atoms. The van der Waals surface area contributed by atoms with E-state index < -0.39 is 11.8 Å². The van der Waals surface area contributed by atoms with Gasteiger partial charge in [0.15, 0.2) is 0 Å². The van der Waals surface area contributed by atoms with Gasteiger partial charge in [-0.05, 0) is 26.9 Å². The molecule has 0 radical (unpaired) electrons. The average Bonchev–Trinajstić information content (AvgIpc) is 2.91. The van der Waals surface area contributed by atoms with Gasteiger partial charge in [0, 0.05) is 13.1 Å². The summed E-state index contributed by atoms with van der Waals surface area (Å²) in [6, 6.07) is 0. The van der Waals surface area contributed by atoms with Crippen LogP contribution < -0.4 is 5.73 Å². The van der Waals surface area contributed by atoms with Crippen molar-refractivity contribution in [2.24, 2.45) is 5.73 Å². The predicted octanol–water partition coefficient (Wildman–Crippen LogP) is -1.23. The highest BCUT2D eigenvalue weighted by Crippen LogP contribution is 2.27. The monoisotopic (exact) mass is 271 g/mol. The molecule has 0 aromatic heterocycles. The van der Waals surface area contributed by atoms with Crippen molar-refractivity contribution in [2.75, 3.05) is 40.4 Å². The Hall–Kier alpha value is -1.18. The van der Waals surface area contributed by atoms with Gasteiger partial charge in [-0.3, -0.25) is 14.5 Å². The van der Waals surface area contributed by atoms with E-state index in [1.54, 1.807) is 4.90 Å². The second-order valence-corrected chi connectivity index (χ2v) is 5.19. The number of nitrogens with zero attached hydrogens (tertiary/aromatic N) is 2. The molecule has 0 saturated carbocycles. The van der Waals surface area contributed by atoms with Crippen molar-refractivity contribution >= 4 is 11.8 Å². The SMILES string of the molecule is CN(C)C1(C(N)=O)CCN(C(=O)C2OCCO2)CC1. The Morgan fingerprint density at radius 1 is 1.21 bits per heavy atom. The summed E-state index contributed by atoms with van der Waals surface area (Å²) in [6.45, 7) is 1.88. The summed E-state index contributed by atoms with van der Waals surface area (Å²) in [6.07, 6.45) is 0.294. The number of likely N-dealkylation sites (tertiary alicyclic amines) is 1. The maximum atomic E-state index is 12.1. The number of rotatable bonds is 3. The highest BCUT2D eigenvalue weighted by Gasteiger charge is 2.44. The molecular weight excluding hydrogens is 250 g/mol. The summed E-state index contributed by atoms with van der Waals surface area (Å²) in [7, 11) is 3.68. The fraction of sp³-hybridized carbons (Fsp3) is 0.833. The lowest BCUT2D eigenvalue weighted by atomic mass is 9.85. The number of primary amides is 1. The van der Waals surface area contributed by atoms with Crippen LogP contribution in [0.1, 0.15) is 12.8 Å². The molecule has 0 aliphatic carbocycles. The first-order valence-corrected chi connectivity index (χ1v) is 6.47. The predicted molar refractivity (Wildman–Crippen MR) is 67.1 cm³/mol. The molecule has 19 heavy (non-hydrogen) atoms. The van der Waals surface area contributed by atoms with Gasteiger partial charge in [-0.1, -0.05) is 0 Å². The summed E-state index contributed by atoms with van der Waals surface area (Å²) >= 11 is 0. The highest BCUT2D eigenvalue weighted by molar-refractivity contribution is 5.85. The van der Waals surface area contributed by atoms with Crippen LogP contribution in [0.5, 0.6) is 0 Å². The molecule has 0 aromatic rings. The van der Waals surface area contributed by atoms with Gasteiger partial charge in [0.25, 0.3) is 5.91 Å². The summed E-state index contributed by atoms with van der Waals surface area (Å²) in [4.78, 5) is 27.3. The molecule has 0 atom stereocenters. The third-order valence-corrected chi connectivity index (χ3v) is 4.04. The quantitative estimate of drug-likeness (QED) is 0.694. The van der Waals surface area contributed by atoms with Crippen LogP contribution in [0.15, 0.2) is 0 Å². The molecule has 2 N–H and O–H groups in total. The number of carbonyl (C=O) groups excluding carboxylic acids is 2. The Morgan fingerprint density at radius 2 is 1.74 bits per heavy atom. The van der Waals surface area contributed by atoms with E-state index in [4.69, 9.17) is 15.2 Å². The molecule has 2 aliphatic rings. The first-order valence-electron chi connectivity index (χ1n) is 6.47. The fourth-order valence-corrected chi connectivity index (χ4v) is 2.66. The Morgan fingerprint density at radius 3 is 2.16 bits per heavy atom. The number of piperidine rings is 1. The van der Waals surface area contributed by atoms with Crippen LogP contribution in [0, 0.1) is 0 Å². The lowest BCUT2D eigenvalue weighted by Gasteiger charge is -2.43. The minimum absolute atomic E-state index is 0.158. The molecule has 2 saturated heterocycles. The molecule has 0 bridgehead atoms. The molecule has 7 nitrogen and oxygen atoms in total. The van der Waals surface area contributed by atoms with Gasteiger partial charge >= 0.3 is 0 Å². The van der Waals surface area contributed by atoms with E-state index >= 15 is 0 Å². The molecule has 2 rings (SSSR count). The first kappa shape index (κ1) is 14.2. The van der Waals surface area contributed by atoms with Crippen LogP contribution in [-0.4, -0.2) is 73.8 Å². The maximum Gasteiger partial charge on any atom is 0.279 e. The molecular formula is C12H21N3O4. The van der Waals surface area contributed by atoms with Crippen molar-refractivity contribution in [3.8, 4) is 0 Å². The fourth-order valence-electron chi connectivity index (χ4n) is 2.66. The zero-order valence-electron chi connectivity index (χ0n) is 11.4. The van der Waals surface area contributed by atoms with Crippen molar-refractivity contribution in [3.05, 3.63) is 0 Å². The number of carbonyl (C=O) groups is 2. The smallest absolute Gasteiger partial charge is 0.279 e. The van der Waals surface area contributed by atoms with Crippen molar-refractivity contribution in [1.82, 2.24) is 9.80 Å². The highest BCUT2D eigenvalue weighted by atomic mass is 16.7. The zero-order valence-corrected chi connectivity index (χ0v) is 11.4. The number of amides is 2. The second-order valence-electron chi connectivity index (χ2n) is 5.19. The van der Waals surface area contributed by atoms with Crippen LogP contribution in [0.4, 0.5) is 0 Å². The van der Waals surface area contributed by atoms with Crippen molar-refractivity contribution in [2.45, 2.75) is 24.7 Å². The van der Waals surface area contributed by atoms with Gasteiger partial charge in [-0.25, -0.2) is 0 Å². The van der Waals surface area contributed by atoms with E-state index in [1.165, 1.54) is 0 Å². The number of ether oxygens (including phenoxy) is 2. The molecule has 2 fully saturated rings. The Labute approximate surface area is 112 Å². The van der Waals surface area contributed by atoms with E-state index in [-0.39, 0.29) is 11.8 Å². The number of hydrogen-bond donors (Lipinski definition) is 1. The molecule has 108 valence electrons. The Bertz CT molecular complexity index is 358. The van der Waals surface area contributed by atoms with Gasteiger partial charge in [-0.2, -0.15) is 0 Å². The molecule has 7 heteroatoms. The van der Waals surface area contributed by atoms with Gasteiger partial charge in [0.2, 0.25) is 12.2 Å². The summed E-state index contributed by atoms with van der Waals surface area (Å²) in [5.74, 6) is -0.493. The minimum atomic E-state index is -0.777. The van der Waals surface area contributed by atoms with E-state index in [9.17, 15) is 9.59 Å². The summed E-state index contributed by atoms with van der Waals surface area (Å²) < 4.78 is 10.4. The topological polar surface area (TPSA) is 85.1 Å². The Kier molecular flexibility index (Phi) is 4.07. The van der Waals surface area contributed by atoms with Crippen molar-refractivity contribution in [1.29, 1.82) is 0 Å². The molecule has 2 aliphatic heterocycles. The summed E-state index contributed by atoms with van der Waals surface area (Å²) in [5, 5.41) is 0. The number of nitrogens with two attached hydrogens (primary N) is 1. The summed E-state index contributed by atoms with van der Waals surface area (Å²) in [5.41, 5.74) is 4.85. The Balaban J connectivity index is 1.97. The number of likely N-dealkylation sites (N-methyl/N-ethyl adjacent to an activating group) is 1.